The molecule has 1 N–H and O–H groups in total. The lowest BCUT2D eigenvalue weighted by Gasteiger charge is -2.48. The normalized spacial score (nSPS) is 26.3. The zero-order valence-corrected chi connectivity index (χ0v) is 33.6. The van der Waals surface area contributed by atoms with Gasteiger partial charge < -0.3 is 52.5 Å². The van der Waals surface area contributed by atoms with Crippen molar-refractivity contribution in [2.24, 2.45) is 10.2 Å². The molecule has 0 spiro atoms. The van der Waals surface area contributed by atoms with Gasteiger partial charge in [-0.1, -0.05) is 95.2 Å². The van der Waals surface area contributed by atoms with Crippen LogP contribution in [0.5, 0.6) is 11.5 Å². The van der Waals surface area contributed by atoms with Gasteiger partial charge in [-0.3, -0.25) is 0 Å². The molecule has 10 atom stereocenters. The molecule has 318 valence electrons. The number of methoxy groups -OCH3 is 3. The lowest BCUT2D eigenvalue weighted by atomic mass is 9.94. The van der Waals surface area contributed by atoms with Crippen molar-refractivity contribution >= 4 is 0 Å². The second kappa shape index (κ2) is 22.9. The Bertz CT molecular complexity index is 1970. The van der Waals surface area contributed by atoms with E-state index in [1.165, 1.54) is 7.11 Å². The first-order valence-electron chi connectivity index (χ1n) is 19.4. The van der Waals surface area contributed by atoms with Crippen molar-refractivity contribution in [1.82, 2.24) is 0 Å². The summed E-state index contributed by atoms with van der Waals surface area (Å²) in [5.74, 6) is 1.33. The van der Waals surface area contributed by atoms with Crippen LogP contribution in [0.4, 0.5) is 0 Å². The van der Waals surface area contributed by atoms with Crippen LogP contribution in [0.1, 0.15) is 22.3 Å². The molecule has 17 nitrogen and oxygen atoms in total. The Hall–Kier alpha value is -5.26. The van der Waals surface area contributed by atoms with Gasteiger partial charge in [-0.15, -0.1) is 0 Å². The van der Waals surface area contributed by atoms with Crippen LogP contribution in [0, 0.1) is 0 Å². The Morgan fingerprint density at radius 2 is 1.00 bits per heavy atom. The van der Waals surface area contributed by atoms with Crippen LogP contribution in [0.25, 0.3) is 20.9 Å². The highest BCUT2D eigenvalue weighted by Crippen LogP contribution is 2.35. The Morgan fingerprint density at radius 1 is 0.550 bits per heavy atom. The number of aliphatic hydroxyl groups is 1. The summed E-state index contributed by atoms with van der Waals surface area (Å²) in [4.78, 5) is 6.22. The number of benzene rings is 4. The van der Waals surface area contributed by atoms with Gasteiger partial charge in [0.15, 0.2) is 12.6 Å². The Kier molecular flexibility index (Phi) is 16.9. The third kappa shape index (κ3) is 11.9. The summed E-state index contributed by atoms with van der Waals surface area (Å²) in [5, 5.41) is 19.9. The van der Waals surface area contributed by atoms with E-state index in [1.54, 1.807) is 38.5 Å². The minimum Gasteiger partial charge on any atom is -0.497 e. The van der Waals surface area contributed by atoms with Gasteiger partial charge >= 0.3 is 0 Å². The van der Waals surface area contributed by atoms with Crippen molar-refractivity contribution in [3.8, 4) is 11.5 Å². The number of rotatable bonds is 21. The summed E-state index contributed by atoms with van der Waals surface area (Å²) in [6.07, 6.45) is -8.92. The summed E-state index contributed by atoms with van der Waals surface area (Å²) in [6.45, 7) is 0.494. The maximum Gasteiger partial charge on any atom is 0.169 e. The highest BCUT2D eigenvalue weighted by Gasteiger charge is 2.53. The number of hydrogen-bond acceptors (Lipinski definition) is 13. The minimum absolute atomic E-state index is 0.0205. The first-order chi connectivity index (χ1) is 29.4. The van der Waals surface area contributed by atoms with Crippen LogP contribution in [0.15, 0.2) is 119 Å². The largest absolute Gasteiger partial charge is 0.497 e. The lowest BCUT2D eigenvalue weighted by Crippen LogP contribution is -2.64. The quantitative estimate of drug-likeness (QED) is 0.0524. The molecule has 0 saturated carbocycles. The van der Waals surface area contributed by atoms with Crippen molar-refractivity contribution in [2.45, 2.75) is 87.7 Å². The van der Waals surface area contributed by atoms with Gasteiger partial charge in [0.1, 0.15) is 54.1 Å². The van der Waals surface area contributed by atoms with E-state index in [9.17, 15) is 16.2 Å². The molecule has 0 aliphatic carbocycles. The molecule has 2 saturated heterocycles. The van der Waals surface area contributed by atoms with Crippen LogP contribution >= 0.6 is 0 Å². The fourth-order valence-electron chi connectivity index (χ4n) is 7.01. The van der Waals surface area contributed by atoms with E-state index in [0.29, 0.717) is 11.5 Å². The average Bonchev–Trinajstić information content (AvgIpc) is 3.29. The first-order valence-corrected chi connectivity index (χ1v) is 19.4. The lowest BCUT2D eigenvalue weighted by molar-refractivity contribution is -0.335. The highest BCUT2D eigenvalue weighted by molar-refractivity contribution is 5.27. The zero-order valence-electron chi connectivity index (χ0n) is 33.6. The topological polar surface area (TPSA) is 210 Å². The minimum atomic E-state index is -1.36. The van der Waals surface area contributed by atoms with Crippen molar-refractivity contribution in [1.29, 1.82) is 0 Å². The number of nitrogens with zero attached hydrogens (tertiary/aromatic N) is 6. The number of ether oxygens (including phenoxy) is 10. The molecular formula is C43H50N6O11. The van der Waals surface area contributed by atoms with Crippen LogP contribution in [-0.2, 0) is 64.3 Å². The molecule has 0 amide bonds. The molecule has 2 aliphatic rings. The Morgan fingerprint density at radius 3 is 1.48 bits per heavy atom. The first kappa shape index (κ1) is 44.3. The van der Waals surface area contributed by atoms with Gasteiger partial charge in [-0.05, 0) is 57.6 Å². The maximum absolute atomic E-state index is 11.8. The predicted octanol–water partition coefficient (Wildman–Crippen LogP) is 6.81. The standard InChI is InChI=1S/C43H50N6O11/c1-51-32-18-14-30(15-19-32)24-56-40-36(46-48-44)43(58-34(38(40)50)26-54-22-28-10-6-4-7-11-28)60-39-35(27-55-23-29-12-8-5-9-13-29)59-42(53-3)37(47-49-45)41(39)57-25-31-16-20-33(52-2)21-17-31/h4-21,34-43,50H,22-27H2,1-3H3/t34-,35-,36-,37-,38+,39+,40-,41-,42+,43-/m1/s1. The van der Waals surface area contributed by atoms with Crippen molar-refractivity contribution in [2.75, 3.05) is 34.5 Å². The predicted molar refractivity (Wildman–Crippen MR) is 216 cm³/mol. The molecule has 2 fully saturated rings. The molecule has 6 rings (SSSR count). The van der Waals surface area contributed by atoms with E-state index in [0.717, 1.165) is 22.3 Å². The van der Waals surface area contributed by atoms with Gasteiger partial charge in [0.25, 0.3) is 0 Å². The van der Waals surface area contributed by atoms with E-state index >= 15 is 0 Å². The van der Waals surface area contributed by atoms with E-state index in [1.807, 2.05) is 84.9 Å². The third-order valence-corrected chi connectivity index (χ3v) is 10.1. The van der Waals surface area contributed by atoms with Crippen molar-refractivity contribution in [3.63, 3.8) is 0 Å². The molecule has 17 heteroatoms. The van der Waals surface area contributed by atoms with E-state index < -0.39 is 61.3 Å². The second-order valence-corrected chi connectivity index (χ2v) is 14.1. The molecule has 60 heavy (non-hydrogen) atoms. The third-order valence-electron chi connectivity index (χ3n) is 10.1. The van der Waals surface area contributed by atoms with Gasteiger partial charge in [0.05, 0.1) is 60.0 Å². The van der Waals surface area contributed by atoms with Gasteiger partial charge in [-0.25, -0.2) is 0 Å². The highest BCUT2D eigenvalue weighted by atomic mass is 16.7. The van der Waals surface area contributed by atoms with Gasteiger partial charge in [0.2, 0.25) is 0 Å². The van der Waals surface area contributed by atoms with Crippen molar-refractivity contribution in [3.05, 3.63) is 152 Å². The molecule has 2 aliphatic heterocycles. The molecule has 0 radical (unpaired) electrons. The number of aliphatic hydroxyl groups excluding tert-OH is 1. The molecule has 4 aromatic rings. The van der Waals surface area contributed by atoms with E-state index in [2.05, 4.69) is 20.1 Å². The number of hydrogen-bond donors (Lipinski definition) is 1. The monoisotopic (exact) mass is 826 g/mol. The summed E-state index contributed by atoms with van der Waals surface area (Å²) in [5.41, 5.74) is 23.1. The molecule has 4 aromatic carbocycles. The maximum atomic E-state index is 11.8. The van der Waals surface area contributed by atoms with E-state index in [-0.39, 0.29) is 39.6 Å². The van der Waals surface area contributed by atoms with Crippen LogP contribution < -0.4 is 9.47 Å². The summed E-state index contributed by atoms with van der Waals surface area (Å²) >= 11 is 0. The summed E-state index contributed by atoms with van der Waals surface area (Å²) < 4.78 is 61.2. The van der Waals surface area contributed by atoms with Crippen LogP contribution in [0.3, 0.4) is 0 Å². The number of azide groups is 2. The molecular weight excluding hydrogens is 777 g/mol. The van der Waals surface area contributed by atoms with Crippen LogP contribution in [-0.4, -0.2) is 101 Å². The molecule has 2 heterocycles. The Labute approximate surface area is 348 Å². The smallest absolute Gasteiger partial charge is 0.169 e. The second-order valence-electron chi connectivity index (χ2n) is 14.1. The Balaban J connectivity index is 1.33. The molecule has 0 bridgehead atoms. The van der Waals surface area contributed by atoms with Crippen molar-refractivity contribution < 1.29 is 52.5 Å². The molecule has 0 aromatic heterocycles. The zero-order chi connectivity index (χ0) is 42.1. The van der Waals surface area contributed by atoms with Crippen LogP contribution in [0.2, 0.25) is 0 Å². The SMILES string of the molecule is COc1ccc(CO[C@@H]2[C@@H](N=[N+]=[N-])[C@@H](OC)O[C@H](COCc3ccccc3)[C@@H]2O[C@H]2O[C@H](COCc3ccccc3)[C@H](O)[C@H](OCc3ccc(OC)cc3)[C@H]2N=[N+]=[N-])cc1. The fraction of sp³-hybridized carbons (Fsp3) is 0.442. The molecule has 0 unspecified atom stereocenters. The average molecular weight is 827 g/mol. The summed E-state index contributed by atoms with van der Waals surface area (Å²) in [7, 11) is 4.59. The fourth-order valence-corrected chi connectivity index (χ4v) is 7.01. The van der Waals surface area contributed by atoms with E-state index in [4.69, 9.17) is 47.4 Å². The van der Waals surface area contributed by atoms with Gasteiger partial charge in [0, 0.05) is 16.9 Å². The summed E-state index contributed by atoms with van der Waals surface area (Å²) in [6, 6.07) is 31.4. The van der Waals surface area contributed by atoms with Gasteiger partial charge in [-0.2, -0.15) is 0 Å².